The zero-order valence-electron chi connectivity index (χ0n) is 55.7. The Hall–Kier alpha value is -5.85. The number of hydrogen-bond acceptors (Lipinski definition) is 14. The fourth-order valence-corrected chi connectivity index (χ4v) is 18.5. The molecule has 6 aliphatic rings. The lowest BCUT2D eigenvalue weighted by Gasteiger charge is -2.35. The number of pyridine rings is 1. The van der Waals surface area contributed by atoms with Crippen molar-refractivity contribution >= 4 is 95.6 Å². The van der Waals surface area contributed by atoms with Gasteiger partial charge in [0.05, 0.1) is 33.2 Å². The van der Waals surface area contributed by atoms with Gasteiger partial charge in [-0.3, -0.25) is 4.98 Å². The van der Waals surface area contributed by atoms with E-state index in [1.54, 1.807) is 40.0 Å². The molecule has 3 fully saturated rings. The Labute approximate surface area is 566 Å². The number of halogens is 1. The van der Waals surface area contributed by atoms with Crippen molar-refractivity contribution in [2.75, 3.05) is 81.7 Å². The third-order valence-corrected chi connectivity index (χ3v) is 24.4. The summed E-state index contributed by atoms with van der Waals surface area (Å²) in [7, 11) is 11.1. The number of esters is 3. The number of rotatable bonds is 12. The Bertz CT molecular complexity index is 3790. The molecule has 0 amide bonds. The first kappa shape index (κ1) is 67.6. The number of aryl methyl sites for hydroxylation is 1. The smallest absolute Gasteiger partial charge is 0.348 e. The highest BCUT2D eigenvalue weighted by atomic mass is 79.9. The number of thiophene rings is 3. The zero-order chi connectivity index (χ0) is 64.7. The maximum Gasteiger partial charge on any atom is 0.348 e. The Morgan fingerprint density at radius 3 is 1.27 bits per heavy atom. The topological polar surface area (TPSA) is 119 Å². The van der Waals surface area contributed by atoms with E-state index in [1.165, 1.54) is 137 Å². The summed E-state index contributed by atoms with van der Waals surface area (Å²) in [6.07, 6.45) is 22.2. The van der Waals surface area contributed by atoms with Crippen LogP contribution in [0.15, 0.2) is 112 Å². The molecule has 0 saturated heterocycles. The fourth-order valence-electron chi connectivity index (χ4n) is 15.0. The van der Waals surface area contributed by atoms with Gasteiger partial charge in [0.25, 0.3) is 0 Å². The number of likely N-dealkylation sites (N-methyl/N-ethyl adjacent to an activating group) is 3. The predicted molar refractivity (Wildman–Crippen MR) is 383 cm³/mol. The molecule has 12 nitrogen and oxygen atoms in total. The van der Waals surface area contributed by atoms with Gasteiger partial charge in [-0.25, -0.2) is 19.1 Å². The zero-order valence-corrected chi connectivity index (χ0v) is 59.7. The van der Waals surface area contributed by atoms with E-state index in [1.807, 2.05) is 23.0 Å². The van der Waals surface area contributed by atoms with Gasteiger partial charge in [0.15, 0.2) is 0 Å². The molecule has 3 aliphatic heterocycles. The van der Waals surface area contributed by atoms with Crippen LogP contribution < -0.4 is 0 Å². The van der Waals surface area contributed by atoms with E-state index in [4.69, 9.17) is 14.2 Å². The van der Waals surface area contributed by atoms with E-state index in [0.29, 0.717) is 17.8 Å². The standard InChI is InChI=1S/C31H34N4O2S.C25H30BrNO2S.C20H29NO2S/c1-20-6-8-21(9-7-20)26-18-34(2)16-14-24(26)25-17-29(38-30(25)31(36)37-3)22-10-12-23(13-11-22)35-19-28-27(33-35)5-4-15-32-28;1-16-4-6-17(7-5-16)22-15-27(2)13-12-20(22)21-14-23(30-24(21)25(28)29-3)18-8-10-19(26)11-9-18;1-13-5-7-15(8-6-13)18-12-21(3)10-9-16(18)17-11-14(2)24-19(17)20(22)23-4/h4-5,10-13,15,17,19-21H,6-9,14,16,18H2,1-3H3;8-11,14,16-17H,4-7,12-13,15H2,1-3H3;11,13,15H,5-10,12H2,1-4H3. The number of nitrogens with zero attached hydrogens (tertiary/aromatic N) is 6. The van der Waals surface area contributed by atoms with Crippen LogP contribution in [0.25, 0.3) is 54.3 Å². The van der Waals surface area contributed by atoms with Gasteiger partial charge < -0.3 is 28.9 Å². The van der Waals surface area contributed by atoms with Crippen LogP contribution in [0.3, 0.4) is 0 Å². The number of ether oxygens (including phenoxy) is 3. The Kier molecular flexibility index (Phi) is 22.5. The number of fused-ring (bicyclic) bond motifs is 1. The van der Waals surface area contributed by atoms with E-state index < -0.39 is 0 Å². The molecule has 8 heterocycles. The molecule has 3 aliphatic carbocycles. The third kappa shape index (κ3) is 15.8. The van der Waals surface area contributed by atoms with Crippen molar-refractivity contribution in [2.24, 2.45) is 35.5 Å². The van der Waals surface area contributed by atoms with Crippen molar-refractivity contribution in [1.82, 2.24) is 29.5 Å². The molecule has 92 heavy (non-hydrogen) atoms. The molecule has 2 aromatic carbocycles. The number of aromatic nitrogens is 3. The third-order valence-electron chi connectivity index (χ3n) is 20.5. The summed E-state index contributed by atoms with van der Waals surface area (Å²) < 4.78 is 18.4. The Balaban J connectivity index is 0.000000145. The average Bonchev–Trinajstić information content (AvgIpc) is 1.60. The largest absolute Gasteiger partial charge is 0.465 e. The molecule has 0 radical (unpaired) electrons. The van der Waals surface area contributed by atoms with Crippen LogP contribution >= 0.6 is 49.9 Å². The second kappa shape index (κ2) is 30.7. The SMILES string of the molecule is COC(=O)c1sc(-c2ccc(-n3cc4ncccc4n3)cc2)cc1C1=C(C2CCC(C)CC2)CN(C)CC1.COC(=O)c1sc(-c2ccc(Br)cc2)cc1C1=C(C2CCC(C)CC2)CN(C)CC1.COC(=O)c1sc(C)cc1C1=C(C2CCC(C)CC2)CN(C)CC1. The Morgan fingerprint density at radius 1 is 0.500 bits per heavy atom. The summed E-state index contributed by atoms with van der Waals surface area (Å²) >= 11 is 8.18. The Morgan fingerprint density at radius 2 is 0.880 bits per heavy atom. The molecule has 0 bridgehead atoms. The molecule has 0 unspecified atom stereocenters. The second-order valence-electron chi connectivity index (χ2n) is 27.2. The van der Waals surface area contributed by atoms with E-state index in [0.717, 1.165) is 150 Å². The van der Waals surface area contributed by atoms with Crippen LogP contribution in [0.2, 0.25) is 0 Å². The van der Waals surface area contributed by atoms with Crippen molar-refractivity contribution in [3.05, 3.63) is 149 Å². The van der Waals surface area contributed by atoms with Gasteiger partial charge in [0.2, 0.25) is 0 Å². The first-order valence-corrected chi connectivity index (χ1v) is 36.7. The summed E-state index contributed by atoms with van der Waals surface area (Å²) in [6, 6.07) is 27.2. The number of carbonyl (C=O) groups excluding carboxylic acids is 3. The summed E-state index contributed by atoms with van der Waals surface area (Å²) in [5.41, 5.74) is 17.1. The van der Waals surface area contributed by atoms with E-state index in [-0.39, 0.29) is 17.9 Å². The molecule has 0 atom stereocenters. The van der Waals surface area contributed by atoms with Crippen molar-refractivity contribution in [3.63, 3.8) is 0 Å². The van der Waals surface area contributed by atoms with Crippen molar-refractivity contribution in [1.29, 1.82) is 0 Å². The molecule has 0 N–H and O–H groups in total. The second-order valence-corrected chi connectivity index (χ2v) is 31.4. The normalized spacial score (nSPS) is 22.8. The number of methoxy groups -OCH3 is 3. The molecule has 7 aromatic rings. The molecule has 488 valence electrons. The minimum absolute atomic E-state index is 0.189. The number of hydrogen-bond donors (Lipinski definition) is 0. The average molecular weight is 1360 g/mol. The molecule has 3 saturated carbocycles. The van der Waals surface area contributed by atoms with Crippen LogP contribution in [0.4, 0.5) is 0 Å². The minimum atomic E-state index is -0.244. The van der Waals surface area contributed by atoms with E-state index in [9.17, 15) is 14.4 Å². The van der Waals surface area contributed by atoms with Crippen molar-refractivity contribution in [2.45, 2.75) is 124 Å². The van der Waals surface area contributed by atoms with Crippen LogP contribution in [-0.4, -0.2) is 129 Å². The molecule has 16 heteroatoms. The monoisotopic (exact) mass is 1360 g/mol. The van der Waals surface area contributed by atoms with E-state index >= 15 is 0 Å². The lowest BCUT2D eigenvalue weighted by Crippen LogP contribution is -2.31. The first-order chi connectivity index (χ1) is 44.4. The highest BCUT2D eigenvalue weighted by molar-refractivity contribution is 9.10. The molecule has 13 rings (SSSR count). The van der Waals surface area contributed by atoms with Gasteiger partial charge in [-0.1, -0.05) is 99.5 Å². The summed E-state index contributed by atoms with van der Waals surface area (Å²) in [6.45, 7) is 15.4. The maximum absolute atomic E-state index is 13.0. The quantitative estimate of drug-likeness (QED) is 0.0859. The fraction of sp³-hybridized carbons (Fsp3) is 0.487. The highest BCUT2D eigenvalue weighted by Crippen LogP contribution is 2.47. The molecular weight excluding hydrogens is 1270 g/mol. The number of carbonyl (C=O) groups is 3. The van der Waals surface area contributed by atoms with Gasteiger partial charge >= 0.3 is 17.9 Å². The van der Waals surface area contributed by atoms with Crippen LogP contribution in [0.1, 0.15) is 168 Å². The summed E-state index contributed by atoms with van der Waals surface area (Å²) in [4.78, 5) is 55.2. The molecule has 0 spiro atoms. The van der Waals surface area contributed by atoms with Gasteiger partial charge in [0, 0.05) is 81.3 Å². The van der Waals surface area contributed by atoms with Crippen molar-refractivity contribution < 1.29 is 28.6 Å². The summed E-state index contributed by atoms with van der Waals surface area (Å²) in [5, 5.41) is 4.65. The van der Waals surface area contributed by atoms with Crippen LogP contribution in [0.5, 0.6) is 0 Å². The highest BCUT2D eigenvalue weighted by Gasteiger charge is 2.34. The maximum atomic E-state index is 13.0. The predicted octanol–water partition coefficient (Wildman–Crippen LogP) is 18.5. The van der Waals surface area contributed by atoms with Gasteiger partial charge in [-0.15, -0.1) is 34.0 Å². The van der Waals surface area contributed by atoms with Crippen LogP contribution in [-0.2, 0) is 14.2 Å². The van der Waals surface area contributed by atoms with Crippen molar-refractivity contribution in [3.8, 4) is 26.6 Å². The lowest BCUT2D eigenvalue weighted by atomic mass is 9.75. The molecule has 5 aromatic heterocycles. The minimum Gasteiger partial charge on any atom is -0.465 e. The summed E-state index contributed by atoms with van der Waals surface area (Å²) in [5.74, 6) is 3.79. The van der Waals surface area contributed by atoms with Gasteiger partial charge in [-0.05, 0) is 221 Å². The molecular formula is C76H93BrN6O6S3. The van der Waals surface area contributed by atoms with Gasteiger partial charge in [0.1, 0.15) is 25.7 Å². The number of benzene rings is 2. The van der Waals surface area contributed by atoms with Gasteiger partial charge in [-0.2, -0.15) is 5.10 Å². The van der Waals surface area contributed by atoms with E-state index in [2.05, 4.69) is 156 Å². The van der Waals surface area contributed by atoms with Crippen LogP contribution in [0, 0.1) is 42.4 Å². The lowest BCUT2D eigenvalue weighted by molar-refractivity contribution is 0.0597. The first-order valence-electron chi connectivity index (χ1n) is 33.5.